The normalized spacial score (nSPS) is 14.8. The molecule has 0 fully saturated rings. The van der Waals surface area contributed by atoms with Crippen LogP contribution in [0.3, 0.4) is 0 Å². The number of hydrogen-bond donors (Lipinski definition) is 4. The van der Waals surface area contributed by atoms with Crippen LogP contribution in [0.15, 0.2) is 37.5 Å². The average Bonchev–Trinajstić information content (AvgIpc) is 2.61. The average molecular weight is 386 g/mol. The van der Waals surface area contributed by atoms with Crippen molar-refractivity contribution in [3.8, 4) is 0 Å². The van der Waals surface area contributed by atoms with E-state index in [1.54, 1.807) is 0 Å². The molecule has 0 amide bonds. The summed E-state index contributed by atoms with van der Waals surface area (Å²) in [6.07, 6.45) is 0.561. The number of esters is 4. The lowest BCUT2D eigenvalue weighted by Crippen LogP contribution is -2.44. The van der Waals surface area contributed by atoms with Crippen LogP contribution in [0.25, 0.3) is 0 Å². The zero-order chi connectivity index (χ0) is 21.3. The molecule has 0 spiro atoms. The zero-order valence-corrected chi connectivity index (χ0v) is 14.5. The molecule has 0 bridgehead atoms. The number of aliphatic hydroxyl groups is 4. The maximum absolute atomic E-state index is 11.7. The lowest BCUT2D eigenvalue weighted by molar-refractivity contribution is -0.179. The van der Waals surface area contributed by atoms with Gasteiger partial charge in [-0.1, -0.05) is 18.7 Å². The highest BCUT2D eigenvalue weighted by Gasteiger charge is 2.39. The zero-order valence-electron chi connectivity index (χ0n) is 14.5. The molecule has 10 nitrogen and oxygen atoms in total. The van der Waals surface area contributed by atoms with E-state index in [9.17, 15) is 29.4 Å². The van der Waals surface area contributed by atoms with Crippen LogP contribution < -0.4 is 0 Å². The first kappa shape index (κ1) is 24.3. The van der Waals surface area contributed by atoms with Gasteiger partial charge >= 0.3 is 23.9 Å². The molecule has 0 aromatic carbocycles. The highest BCUT2D eigenvalue weighted by Crippen LogP contribution is 2.16. The van der Waals surface area contributed by atoms with E-state index in [0.717, 1.165) is 12.2 Å². The van der Waals surface area contributed by atoms with E-state index in [1.807, 2.05) is 0 Å². The quantitative estimate of drug-likeness (QED) is 0.144. The van der Waals surface area contributed by atoms with Gasteiger partial charge < -0.3 is 29.9 Å². The molecule has 0 aromatic rings. The molecule has 10 heteroatoms. The first-order valence-electron chi connectivity index (χ1n) is 7.57. The summed E-state index contributed by atoms with van der Waals surface area (Å²) in [4.78, 5) is 46.8. The number of hydrogen-bond acceptors (Lipinski definition) is 10. The third kappa shape index (κ3) is 6.87. The van der Waals surface area contributed by atoms with Gasteiger partial charge in [0.25, 0.3) is 0 Å². The smallest absolute Gasteiger partial charge is 0.348 e. The van der Waals surface area contributed by atoms with Crippen LogP contribution >= 0.6 is 0 Å². The molecule has 150 valence electrons. The van der Waals surface area contributed by atoms with Gasteiger partial charge in [0, 0.05) is 18.4 Å². The van der Waals surface area contributed by atoms with Crippen LogP contribution in [0.2, 0.25) is 0 Å². The second-order valence-electron chi connectivity index (χ2n) is 5.58. The molecule has 0 aliphatic carbocycles. The van der Waals surface area contributed by atoms with Crippen LogP contribution in [0, 0.1) is 0 Å². The summed E-state index contributed by atoms with van der Waals surface area (Å²) in [5.74, 6) is -5.66. The fraction of sp³-hybridized carbons (Fsp3) is 0.412. The van der Waals surface area contributed by atoms with Crippen LogP contribution in [0.5, 0.6) is 0 Å². The molecule has 0 aliphatic rings. The molecular formula is C17H22O10. The maximum atomic E-state index is 11.7. The summed E-state index contributed by atoms with van der Waals surface area (Å²) in [7, 11) is 0. The lowest BCUT2D eigenvalue weighted by atomic mass is 10.0. The van der Waals surface area contributed by atoms with Gasteiger partial charge in [-0.15, -0.1) is 13.2 Å². The van der Waals surface area contributed by atoms with Crippen molar-refractivity contribution < 1.29 is 49.1 Å². The van der Waals surface area contributed by atoms with E-state index < -0.39 is 73.1 Å². The molecule has 2 unspecified atom stereocenters. The topological polar surface area (TPSA) is 168 Å². The Hall–Kier alpha value is -2.66. The Morgan fingerprint density at radius 2 is 1.26 bits per heavy atom. The van der Waals surface area contributed by atoms with Crippen LogP contribution in [0.4, 0.5) is 0 Å². The van der Waals surface area contributed by atoms with Crippen molar-refractivity contribution >= 4 is 23.9 Å². The van der Waals surface area contributed by atoms with Gasteiger partial charge in [0.05, 0.1) is 19.6 Å². The van der Waals surface area contributed by atoms with Crippen molar-refractivity contribution in [1.29, 1.82) is 0 Å². The van der Waals surface area contributed by atoms with Crippen LogP contribution in [-0.4, -0.2) is 68.7 Å². The number of carbonyl (C=O) groups excluding carboxylic acids is 4. The Bertz CT molecular complexity index is 638. The third-order valence-electron chi connectivity index (χ3n) is 3.29. The summed E-state index contributed by atoms with van der Waals surface area (Å²) in [5.41, 5.74) is -5.37. The molecular weight excluding hydrogens is 364 g/mol. The number of ether oxygens (including phenoxy) is 2. The van der Waals surface area contributed by atoms with Gasteiger partial charge in [-0.2, -0.15) is 0 Å². The predicted molar refractivity (Wildman–Crippen MR) is 89.7 cm³/mol. The standard InChI is InChI=1S/C17H22O10/c1-4-6-16(24,9-18)14(22)26-12(20)8-11(3)13(21)27-15(23)17(25,10-19)7-5-2/h4-5,18-19,24-25H,1-3,6-10H2. The number of rotatable bonds is 11. The monoisotopic (exact) mass is 386 g/mol. The summed E-state index contributed by atoms with van der Waals surface area (Å²) in [6, 6.07) is 0. The van der Waals surface area contributed by atoms with E-state index >= 15 is 0 Å². The van der Waals surface area contributed by atoms with Crippen molar-refractivity contribution in [2.45, 2.75) is 30.5 Å². The predicted octanol–water partition coefficient (Wildman–Crippen LogP) is -1.33. The van der Waals surface area contributed by atoms with Crippen molar-refractivity contribution in [2.75, 3.05) is 13.2 Å². The molecule has 0 aromatic heterocycles. The summed E-state index contributed by atoms with van der Waals surface area (Å²) >= 11 is 0. The van der Waals surface area contributed by atoms with Gasteiger partial charge in [-0.25, -0.2) is 14.4 Å². The third-order valence-corrected chi connectivity index (χ3v) is 3.29. The van der Waals surface area contributed by atoms with E-state index in [-0.39, 0.29) is 0 Å². The van der Waals surface area contributed by atoms with Crippen molar-refractivity contribution in [2.24, 2.45) is 0 Å². The largest absolute Gasteiger partial charge is 0.393 e. The summed E-state index contributed by atoms with van der Waals surface area (Å²) < 4.78 is 8.64. The second kappa shape index (κ2) is 10.5. The Morgan fingerprint density at radius 3 is 1.63 bits per heavy atom. The maximum Gasteiger partial charge on any atom is 0.348 e. The SMILES string of the molecule is C=CCC(O)(CO)C(=O)OC(=O)CC(=C)C(=O)OC(=O)C(O)(CO)CC=C. The molecule has 0 aliphatic heterocycles. The fourth-order valence-corrected chi connectivity index (χ4v) is 1.63. The van der Waals surface area contributed by atoms with E-state index in [0.29, 0.717) is 0 Å². The second-order valence-corrected chi connectivity index (χ2v) is 5.58. The van der Waals surface area contributed by atoms with Crippen molar-refractivity contribution in [1.82, 2.24) is 0 Å². The molecule has 0 rings (SSSR count). The Balaban J connectivity index is 4.84. The first-order valence-corrected chi connectivity index (χ1v) is 7.57. The minimum Gasteiger partial charge on any atom is -0.393 e. The minimum atomic E-state index is -2.39. The van der Waals surface area contributed by atoms with E-state index in [4.69, 9.17) is 10.2 Å². The highest BCUT2D eigenvalue weighted by atomic mass is 16.6. The fourth-order valence-electron chi connectivity index (χ4n) is 1.63. The first-order chi connectivity index (χ1) is 12.5. The van der Waals surface area contributed by atoms with Gasteiger partial charge in [0.2, 0.25) is 0 Å². The lowest BCUT2D eigenvalue weighted by Gasteiger charge is -2.22. The van der Waals surface area contributed by atoms with Crippen LogP contribution in [0.1, 0.15) is 19.3 Å². The Labute approximate surface area is 155 Å². The number of aliphatic hydroxyl groups excluding tert-OH is 2. The van der Waals surface area contributed by atoms with Gasteiger partial charge in [-0.05, 0) is 0 Å². The van der Waals surface area contributed by atoms with Gasteiger partial charge in [-0.3, -0.25) is 4.79 Å². The molecule has 0 heterocycles. The molecule has 27 heavy (non-hydrogen) atoms. The minimum absolute atomic E-state index is 0.393. The molecule has 2 atom stereocenters. The van der Waals surface area contributed by atoms with Gasteiger partial charge in [0.1, 0.15) is 0 Å². The Morgan fingerprint density at radius 1 is 0.852 bits per heavy atom. The van der Waals surface area contributed by atoms with E-state index in [2.05, 4.69) is 29.2 Å². The Kier molecular flexibility index (Phi) is 9.45. The molecule has 4 N–H and O–H groups in total. The molecule has 0 saturated carbocycles. The summed E-state index contributed by atoms with van der Waals surface area (Å²) in [5, 5.41) is 37.7. The molecule has 0 saturated heterocycles. The van der Waals surface area contributed by atoms with Crippen LogP contribution in [-0.2, 0) is 28.7 Å². The number of carbonyl (C=O) groups is 4. The summed E-state index contributed by atoms with van der Waals surface area (Å²) in [6.45, 7) is 7.67. The van der Waals surface area contributed by atoms with Crippen molar-refractivity contribution in [3.63, 3.8) is 0 Å². The molecule has 0 radical (unpaired) electrons. The highest BCUT2D eigenvalue weighted by molar-refractivity contribution is 6.02. The van der Waals surface area contributed by atoms with Gasteiger partial charge in [0.15, 0.2) is 11.2 Å². The van der Waals surface area contributed by atoms with E-state index in [1.165, 1.54) is 0 Å². The van der Waals surface area contributed by atoms with Crippen molar-refractivity contribution in [3.05, 3.63) is 37.5 Å².